The van der Waals surface area contributed by atoms with Crippen LogP contribution in [-0.2, 0) is 9.53 Å². The van der Waals surface area contributed by atoms with Gasteiger partial charge in [0.2, 0.25) is 0 Å². The van der Waals surface area contributed by atoms with Crippen LogP contribution >= 0.6 is 27.3 Å². The molecule has 0 amide bonds. The van der Waals surface area contributed by atoms with Gasteiger partial charge in [0.1, 0.15) is 11.8 Å². The van der Waals surface area contributed by atoms with Crippen molar-refractivity contribution in [2.45, 2.75) is 46.8 Å². The zero-order valence-electron chi connectivity index (χ0n) is 24.5. The smallest absolute Gasteiger partial charge is 0.338 e. The zero-order valence-corrected chi connectivity index (χ0v) is 26.9. The number of thiazole rings is 1. The van der Waals surface area contributed by atoms with Gasteiger partial charge in [-0.3, -0.25) is 9.36 Å². The standard InChI is InChI=1S/C32H30BrN3O6S/c1-16(2)42-31(40)27-18(4)34-32-36(28(27)24-15-22(33)9-12-25(24)41-6)29(37)26(43-32)14-21-13-17(3)35(19(21)5)23-10-7-20(8-11-23)30(38)39/h7-16,28H,1-6H3,(H,38,39)/b26-14-/t28-/m0/s1. The van der Waals surface area contributed by atoms with Crippen molar-refractivity contribution in [1.82, 2.24) is 9.13 Å². The van der Waals surface area contributed by atoms with E-state index in [4.69, 9.17) is 9.47 Å². The van der Waals surface area contributed by atoms with Crippen molar-refractivity contribution in [1.29, 1.82) is 0 Å². The van der Waals surface area contributed by atoms with Gasteiger partial charge in [-0.1, -0.05) is 27.3 Å². The first-order chi connectivity index (χ1) is 20.4. The predicted molar refractivity (Wildman–Crippen MR) is 168 cm³/mol. The largest absolute Gasteiger partial charge is 0.496 e. The fourth-order valence-corrected chi connectivity index (χ4v) is 6.72. The van der Waals surface area contributed by atoms with Gasteiger partial charge >= 0.3 is 11.9 Å². The van der Waals surface area contributed by atoms with Crippen molar-refractivity contribution in [3.8, 4) is 11.4 Å². The number of halogens is 1. The number of benzene rings is 2. The highest BCUT2D eigenvalue weighted by atomic mass is 79.9. The summed E-state index contributed by atoms with van der Waals surface area (Å²) in [5, 5.41) is 9.27. The van der Waals surface area contributed by atoms with E-state index in [9.17, 15) is 19.5 Å². The third kappa shape index (κ3) is 5.62. The Bertz CT molecular complexity index is 1980. The average Bonchev–Trinajstić information content (AvgIpc) is 3.40. The van der Waals surface area contributed by atoms with Gasteiger partial charge in [-0.15, -0.1) is 0 Å². The molecule has 1 aliphatic rings. The molecule has 0 spiro atoms. The van der Waals surface area contributed by atoms with Crippen LogP contribution in [-0.4, -0.2) is 39.4 Å². The number of rotatable bonds is 7. The molecule has 3 heterocycles. The van der Waals surface area contributed by atoms with Gasteiger partial charge in [0, 0.05) is 27.1 Å². The number of aromatic carboxylic acids is 1. The number of ether oxygens (including phenoxy) is 2. The predicted octanol–water partition coefficient (Wildman–Crippen LogP) is 5.06. The first-order valence-electron chi connectivity index (χ1n) is 13.5. The maximum Gasteiger partial charge on any atom is 0.338 e. The second-order valence-electron chi connectivity index (χ2n) is 10.4. The number of fused-ring (bicyclic) bond motifs is 1. The number of esters is 1. The Hall–Kier alpha value is -4.22. The Morgan fingerprint density at radius 3 is 2.42 bits per heavy atom. The summed E-state index contributed by atoms with van der Waals surface area (Å²) in [5.74, 6) is -1.02. The van der Waals surface area contributed by atoms with E-state index >= 15 is 0 Å². The molecule has 1 N–H and O–H groups in total. The lowest BCUT2D eigenvalue weighted by atomic mass is 9.95. The van der Waals surface area contributed by atoms with Gasteiger partial charge in [-0.25, -0.2) is 14.6 Å². The van der Waals surface area contributed by atoms with Crippen LogP contribution in [0.3, 0.4) is 0 Å². The molecule has 0 aliphatic carbocycles. The van der Waals surface area contributed by atoms with Crippen LogP contribution in [0.15, 0.2) is 74.1 Å². The van der Waals surface area contributed by atoms with Crippen LogP contribution in [0.25, 0.3) is 11.8 Å². The Morgan fingerprint density at radius 2 is 1.79 bits per heavy atom. The summed E-state index contributed by atoms with van der Waals surface area (Å²) >= 11 is 4.77. The summed E-state index contributed by atoms with van der Waals surface area (Å²) in [6.45, 7) is 9.19. The van der Waals surface area contributed by atoms with E-state index < -0.39 is 18.0 Å². The topological polar surface area (TPSA) is 112 Å². The van der Waals surface area contributed by atoms with Gasteiger partial charge in [0.25, 0.3) is 5.56 Å². The normalized spacial score (nSPS) is 15.0. The molecule has 5 rings (SSSR count). The minimum Gasteiger partial charge on any atom is -0.496 e. The highest BCUT2D eigenvalue weighted by molar-refractivity contribution is 9.10. The van der Waals surface area contributed by atoms with Crippen LogP contribution in [0.5, 0.6) is 5.75 Å². The Balaban J connectivity index is 1.70. The Kier molecular flexibility index (Phi) is 8.31. The molecule has 11 heteroatoms. The lowest BCUT2D eigenvalue weighted by Gasteiger charge is -2.26. The molecule has 1 aliphatic heterocycles. The molecule has 2 aromatic carbocycles. The number of methoxy groups -OCH3 is 1. The first kappa shape index (κ1) is 30.2. The van der Waals surface area contributed by atoms with E-state index in [1.165, 1.54) is 15.9 Å². The molecule has 0 saturated carbocycles. The summed E-state index contributed by atoms with van der Waals surface area (Å²) in [7, 11) is 1.55. The maximum absolute atomic E-state index is 14.2. The summed E-state index contributed by atoms with van der Waals surface area (Å²) in [6, 6.07) is 13.3. The van der Waals surface area contributed by atoms with Gasteiger partial charge in [-0.2, -0.15) is 0 Å². The van der Waals surface area contributed by atoms with Crippen molar-refractivity contribution in [2.24, 2.45) is 4.99 Å². The molecule has 9 nitrogen and oxygen atoms in total. The molecule has 4 aromatic rings. The van der Waals surface area contributed by atoms with Gasteiger partial charge in [0.05, 0.1) is 34.6 Å². The molecule has 1 atom stereocenters. The van der Waals surface area contributed by atoms with Gasteiger partial charge in [0.15, 0.2) is 4.80 Å². The van der Waals surface area contributed by atoms with Crippen LogP contribution < -0.4 is 19.6 Å². The number of aromatic nitrogens is 2. The van der Waals surface area contributed by atoms with Crippen molar-refractivity contribution in [3.63, 3.8) is 0 Å². The second kappa shape index (κ2) is 11.8. The summed E-state index contributed by atoms with van der Waals surface area (Å²) in [4.78, 5) is 44.0. The fourth-order valence-electron chi connectivity index (χ4n) is 5.30. The number of carboxylic acids is 1. The average molecular weight is 665 g/mol. The lowest BCUT2D eigenvalue weighted by Crippen LogP contribution is -2.40. The van der Waals surface area contributed by atoms with Crippen molar-refractivity contribution < 1.29 is 24.2 Å². The number of allylic oxidation sites excluding steroid dienone is 1. The molecule has 0 bridgehead atoms. The summed E-state index contributed by atoms with van der Waals surface area (Å²) in [5.41, 5.74) is 4.71. The third-order valence-electron chi connectivity index (χ3n) is 7.20. The summed E-state index contributed by atoms with van der Waals surface area (Å²) in [6.07, 6.45) is 1.47. The van der Waals surface area contributed by atoms with E-state index in [1.807, 2.05) is 42.7 Å². The molecule has 0 saturated heterocycles. The maximum atomic E-state index is 14.2. The highest BCUT2D eigenvalue weighted by Crippen LogP contribution is 2.37. The van der Waals surface area contributed by atoms with Crippen LogP contribution in [0.2, 0.25) is 0 Å². The number of carbonyl (C=O) groups excluding carboxylic acids is 1. The monoisotopic (exact) mass is 663 g/mol. The van der Waals surface area contributed by atoms with Crippen molar-refractivity contribution >= 4 is 45.3 Å². The molecular formula is C32H30BrN3O6S. The Labute approximate surface area is 260 Å². The fraction of sp³-hybridized carbons (Fsp3) is 0.250. The molecule has 2 aromatic heterocycles. The van der Waals surface area contributed by atoms with Crippen molar-refractivity contribution in [3.05, 3.63) is 112 Å². The molecule has 0 fully saturated rings. The third-order valence-corrected chi connectivity index (χ3v) is 8.68. The minimum absolute atomic E-state index is 0.205. The molecule has 0 radical (unpaired) electrons. The van der Waals surface area contributed by atoms with Crippen LogP contribution in [0.4, 0.5) is 0 Å². The Morgan fingerprint density at radius 1 is 1.09 bits per heavy atom. The molecule has 222 valence electrons. The second-order valence-corrected chi connectivity index (χ2v) is 12.4. The van der Waals surface area contributed by atoms with E-state index in [2.05, 4.69) is 20.9 Å². The van der Waals surface area contributed by atoms with E-state index in [-0.39, 0.29) is 22.8 Å². The number of hydrogen-bond donors (Lipinski definition) is 1. The van der Waals surface area contributed by atoms with Gasteiger partial charge < -0.3 is 19.1 Å². The molecule has 0 unspecified atom stereocenters. The molecular weight excluding hydrogens is 634 g/mol. The lowest BCUT2D eigenvalue weighted by molar-refractivity contribution is -0.143. The van der Waals surface area contributed by atoms with Gasteiger partial charge in [-0.05, 0) is 94.8 Å². The first-order valence-corrected chi connectivity index (χ1v) is 15.1. The van der Waals surface area contributed by atoms with Crippen LogP contribution in [0.1, 0.15) is 59.7 Å². The number of nitrogens with zero attached hydrogens (tertiary/aromatic N) is 3. The zero-order chi connectivity index (χ0) is 31.2. The van der Waals surface area contributed by atoms with Crippen molar-refractivity contribution in [2.75, 3.05) is 7.11 Å². The summed E-state index contributed by atoms with van der Waals surface area (Å²) < 4.78 is 16.0. The van der Waals surface area contributed by atoms with E-state index in [0.29, 0.717) is 26.3 Å². The quantitative estimate of drug-likeness (QED) is 0.277. The number of carbonyl (C=O) groups is 2. The minimum atomic E-state index is -0.988. The number of carboxylic acid groups (broad SMARTS) is 1. The van der Waals surface area contributed by atoms with Crippen LogP contribution in [0, 0.1) is 13.8 Å². The highest BCUT2D eigenvalue weighted by Gasteiger charge is 2.35. The van der Waals surface area contributed by atoms with E-state index in [1.54, 1.807) is 58.2 Å². The SMILES string of the molecule is COc1ccc(Br)cc1[C@H]1C(C(=O)OC(C)C)=C(C)N=c2s/c(=C\c3cc(C)n(-c4ccc(C(=O)O)cc4)c3C)c(=O)n21. The number of aryl methyl sites for hydroxylation is 1. The molecule has 43 heavy (non-hydrogen) atoms. The van der Waals surface area contributed by atoms with E-state index in [0.717, 1.165) is 27.1 Å². The number of hydrogen-bond acceptors (Lipinski definition) is 7.